The first-order valence-corrected chi connectivity index (χ1v) is 11.1. The summed E-state index contributed by atoms with van der Waals surface area (Å²) in [4.78, 5) is 18.5. The zero-order valence-corrected chi connectivity index (χ0v) is 17.0. The number of amides is 1. The van der Waals surface area contributed by atoms with Crippen LogP contribution in [-0.2, 0) is 16.6 Å². The number of nitrogens with zero attached hydrogens (tertiary/aromatic N) is 3. The molecule has 0 aliphatic heterocycles. The summed E-state index contributed by atoms with van der Waals surface area (Å²) in [6.07, 6.45) is 3.54. The molecule has 0 fully saturated rings. The lowest BCUT2D eigenvalue weighted by atomic mass is 10.1. The molecule has 2 heterocycles. The average molecular weight is 427 g/mol. The third-order valence-corrected chi connectivity index (χ3v) is 6.80. The number of rotatable bonds is 8. The number of carbonyl (C=O) groups is 1. The highest BCUT2D eigenvalue weighted by atomic mass is 32.2. The van der Waals surface area contributed by atoms with Gasteiger partial charge in [0.25, 0.3) is 15.9 Å². The summed E-state index contributed by atoms with van der Waals surface area (Å²) in [5.41, 5.74) is 1.64. The number of anilines is 1. The van der Waals surface area contributed by atoms with Crippen molar-refractivity contribution in [1.29, 1.82) is 5.26 Å². The molecule has 0 saturated heterocycles. The van der Waals surface area contributed by atoms with E-state index in [1.165, 1.54) is 6.07 Å². The van der Waals surface area contributed by atoms with Crippen LogP contribution in [0.25, 0.3) is 0 Å². The first kappa shape index (κ1) is 20.5. The molecule has 0 saturated carbocycles. The van der Waals surface area contributed by atoms with Crippen molar-refractivity contribution < 1.29 is 13.2 Å². The summed E-state index contributed by atoms with van der Waals surface area (Å²) in [6.45, 7) is 0.623. The Morgan fingerprint density at radius 3 is 2.59 bits per heavy atom. The standard InChI is InChI=1S/C20H18N4O3S2/c21-10-3-12-24(15-16-4-1-11-22-14-16)20(25)17-6-8-18(9-7-17)23-29(26,27)19-5-2-13-28-19/h1-2,4-9,11,13-14,23H,3,12,15H2. The Morgan fingerprint density at radius 2 is 1.97 bits per heavy atom. The molecule has 3 rings (SSSR count). The molecule has 1 amide bonds. The number of carbonyl (C=O) groups excluding carboxylic acids is 1. The molecule has 1 N–H and O–H groups in total. The third kappa shape index (κ3) is 5.40. The van der Waals surface area contributed by atoms with Crippen LogP contribution >= 0.6 is 11.3 Å². The van der Waals surface area contributed by atoms with Crippen molar-refractivity contribution in [2.75, 3.05) is 11.3 Å². The maximum Gasteiger partial charge on any atom is 0.271 e. The first-order valence-electron chi connectivity index (χ1n) is 8.71. The minimum atomic E-state index is -3.64. The van der Waals surface area contributed by atoms with Gasteiger partial charge in [0.05, 0.1) is 12.5 Å². The first-order chi connectivity index (χ1) is 14.0. The predicted molar refractivity (Wildman–Crippen MR) is 111 cm³/mol. The molecule has 1 aromatic carbocycles. The Labute approximate surface area is 173 Å². The second kappa shape index (κ2) is 9.32. The van der Waals surface area contributed by atoms with Crippen LogP contribution in [0.2, 0.25) is 0 Å². The number of hydrogen-bond donors (Lipinski definition) is 1. The lowest BCUT2D eigenvalue weighted by Gasteiger charge is -2.22. The summed E-state index contributed by atoms with van der Waals surface area (Å²) < 4.78 is 27.3. The highest BCUT2D eigenvalue weighted by Gasteiger charge is 2.18. The topological polar surface area (TPSA) is 103 Å². The molecular weight excluding hydrogens is 408 g/mol. The molecule has 0 aliphatic rings. The quantitative estimate of drug-likeness (QED) is 0.594. The van der Waals surface area contributed by atoms with Crippen molar-refractivity contribution in [1.82, 2.24) is 9.88 Å². The van der Waals surface area contributed by atoms with Crippen molar-refractivity contribution in [3.63, 3.8) is 0 Å². The molecule has 0 radical (unpaired) electrons. The second-order valence-electron chi connectivity index (χ2n) is 6.11. The minimum absolute atomic E-state index is 0.213. The van der Waals surface area contributed by atoms with Crippen LogP contribution in [0.4, 0.5) is 5.69 Å². The third-order valence-electron chi connectivity index (χ3n) is 4.02. The van der Waals surface area contributed by atoms with Gasteiger partial charge >= 0.3 is 0 Å². The van der Waals surface area contributed by atoms with Crippen LogP contribution in [0, 0.1) is 11.3 Å². The van der Waals surface area contributed by atoms with E-state index in [2.05, 4.69) is 15.8 Å². The fourth-order valence-electron chi connectivity index (χ4n) is 2.63. The van der Waals surface area contributed by atoms with Crippen molar-refractivity contribution in [2.45, 2.75) is 17.2 Å². The van der Waals surface area contributed by atoms with E-state index in [-0.39, 0.29) is 23.1 Å². The number of aromatic nitrogens is 1. The van der Waals surface area contributed by atoms with Gasteiger partial charge in [0.15, 0.2) is 0 Å². The molecule has 29 heavy (non-hydrogen) atoms. The van der Waals surface area contributed by atoms with Gasteiger partial charge in [-0.05, 0) is 47.3 Å². The SMILES string of the molecule is N#CCCN(Cc1cccnc1)C(=O)c1ccc(NS(=O)(=O)c2cccs2)cc1. The van der Waals surface area contributed by atoms with Crippen LogP contribution in [-0.4, -0.2) is 30.8 Å². The summed E-state index contributed by atoms with van der Waals surface area (Å²) >= 11 is 1.13. The van der Waals surface area contributed by atoms with Gasteiger partial charge in [0.1, 0.15) is 4.21 Å². The van der Waals surface area contributed by atoms with E-state index in [9.17, 15) is 13.2 Å². The van der Waals surface area contributed by atoms with E-state index in [0.717, 1.165) is 16.9 Å². The zero-order chi connectivity index (χ0) is 20.7. The summed E-state index contributed by atoms with van der Waals surface area (Å²) in [7, 11) is -3.64. The van der Waals surface area contributed by atoms with Gasteiger partial charge in [-0.1, -0.05) is 12.1 Å². The van der Waals surface area contributed by atoms with E-state index < -0.39 is 10.0 Å². The van der Waals surface area contributed by atoms with Gasteiger partial charge in [0, 0.05) is 36.7 Å². The number of pyridine rings is 1. The van der Waals surface area contributed by atoms with Crippen molar-refractivity contribution >= 4 is 33.0 Å². The highest BCUT2D eigenvalue weighted by molar-refractivity contribution is 7.94. The van der Waals surface area contributed by atoms with Crippen molar-refractivity contribution in [2.24, 2.45) is 0 Å². The average Bonchev–Trinajstić information content (AvgIpc) is 3.28. The monoisotopic (exact) mass is 426 g/mol. The number of thiophene rings is 1. The van der Waals surface area contributed by atoms with Gasteiger partial charge < -0.3 is 4.90 Å². The fraction of sp³-hybridized carbons (Fsp3) is 0.150. The number of nitriles is 1. The number of nitrogens with one attached hydrogen (secondary N) is 1. The van der Waals surface area contributed by atoms with Crippen molar-refractivity contribution in [3.05, 3.63) is 77.4 Å². The Bertz CT molecular complexity index is 1090. The Hall–Kier alpha value is -3.22. The minimum Gasteiger partial charge on any atom is -0.333 e. The van der Waals surface area contributed by atoms with Gasteiger partial charge in [-0.25, -0.2) is 8.42 Å². The van der Waals surface area contributed by atoms with E-state index in [1.54, 1.807) is 59.1 Å². The van der Waals surface area contributed by atoms with Crippen LogP contribution in [0.15, 0.2) is 70.5 Å². The number of benzene rings is 1. The summed E-state index contributed by atoms with van der Waals surface area (Å²) in [5.74, 6) is -0.239. The van der Waals surface area contributed by atoms with Crippen molar-refractivity contribution in [3.8, 4) is 6.07 Å². The smallest absolute Gasteiger partial charge is 0.271 e. The maximum atomic E-state index is 12.9. The Balaban J connectivity index is 1.74. The fourth-order valence-corrected chi connectivity index (χ4v) is 4.69. The normalized spacial score (nSPS) is 10.9. The maximum absolute atomic E-state index is 12.9. The molecule has 2 aromatic heterocycles. The van der Waals surface area contributed by atoms with Crippen LogP contribution in [0.1, 0.15) is 22.3 Å². The van der Waals surface area contributed by atoms with Gasteiger partial charge in [-0.3, -0.25) is 14.5 Å². The van der Waals surface area contributed by atoms with Crippen LogP contribution < -0.4 is 4.72 Å². The molecular formula is C20H18N4O3S2. The lowest BCUT2D eigenvalue weighted by molar-refractivity contribution is 0.0747. The highest BCUT2D eigenvalue weighted by Crippen LogP contribution is 2.21. The second-order valence-corrected chi connectivity index (χ2v) is 8.97. The van der Waals surface area contributed by atoms with Gasteiger partial charge in [0.2, 0.25) is 0 Å². The lowest BCUT2D eigenvalue weighted by Crippen LogP contribution is -2.31. The van der Waals surface area contributed by atoms with E-state index in [1.807, 2.05) is 6.07 Å². The summed E-state index contributed by atoms with van der Waals surface area (Å²) in [6, 6.07) is 15.1. The number of hydrogen-bond acceptors (Lipinski definition) is 6. The number of sulfonamides is 1. The Kier molecular flexibility index (Phi) is 6.59. The molecule has 9 heteroatoms. The van der Waals surface area contributed by atoms with Crippen LogP contribution in [0.5, 0.6) is 0 Å². The van der Waals surface area contributed by atoms with E-state index in [4.69, 9.17) is 5.26 Å². The Morgan fingerprint density at radius 1 is 1.17 bits per heavy atom. The van der Waals surface area contributed by atoms with Gasteiger partial charge in [-0.2, -0.15) is 5.26 Å². The molecule has 0 unspecified atom stereocenters. The van der Waals surface area contributed by atoms with Crippen LogP contribution in [0.3, 0.4) is 0 Å². The molecule has 0 spiro atoms. The molecule has 148 valence electrons. The van der Waals surface area contributed by atoms with E-state index >= 15 is 0 Å². The molecule has 0 atom stereocenters. The zero-order valence-electron chi connectivity index (χ0n) is 15.4. The molecule has 7 nitrogen and oxygen atoms in total. The molecule has 0 aliphatic carbocycles. The van der Waals surface area contributed by atoms with E-state index in [0.29, 0.717) is 17.8 Å². The molecule has 0 bridgehead atoms. The summed E-state index contributed by atoms with van der Waals surface area (Å²) in [5, 5.41) is 10.6. The largest absolute Gasteiger partial charge is 0.333 e. The predicted octanol–water partition coefficient (Wildman–Crippen LogP) is 3.50. The molecule has 3 aromatic rings. The van der Waals surface area contributed by atoms with Gasteiger partial charge in [-0.15, -0.1) is 11.3 Å².